The highest BCUT2D eigenvalue weighted by Crippen LogP contribution is 2.18. The molecule has 0 aliphatic rings. The van der Waals surface area contributed by atoms with Crippen molar-refractivity contribution in [3.8, 4) is 5.75 Å². The van der Waals surface area contributed by atoms with Crippen molar-refractivity contribution in [3.05, 3.63) is 41.7 Å². The van der Waals surface area contributed by atoms with E-state index in [-0.39, 0.29) is 16.5 Å². The second-order valence-corrected chi connectivity index (χ2v) is 7.03. The maximum Gasteiger partial charge on any atom is 0.285 e. The molecule has 2 rings (SSSR count). The Balaban J connectivity index is 2.26. The third-order valence-corrected chi connectivity index (χ3v) is 4.65. The normalized spacial score (nSPS) is 11.5. The maximum absolute atomic E-state index is 12.3. The Kier molecular flexibility index (Phi) is 4.74. The number of rotatable bonds is 5. The molecule has 1 heterocycles. The molecule has 2 aromatic rings. The molecule has 0 atom stereocenters. The topological polar surface area (TPSA) is 90.3 Å². The smallest absolute Gasteiger partial charge is 0.285 e. The fourth-order valence-electron chi connectivity index (χ4n) is 2.13. The van der Waals surface area contributed by atoms with Crippen molar-refractivity contribution in [2.45, 2.75) is 24.7 Å². The van der Waals surface area contributed by atoms with Gasteiger partial charge in [-0.2, -0.15) is 5.10 Å². The Labute approximate surface area is 135 Å². The number of amides is 1. The predicted octanol–water partition coefficient (Wildman–Crippen LogP) is 1.67. The van der Waals surface area contributed by atoms with Gasteiger partial charge in [0, 0.05) is 18.8 Å². The van der Waals surface area contributed by atoms with Crippen LogP contribution < -0.4 is 9.46 Å². The largest absolute Gasteiger partial charge is 0.497 e. The summed E-state index contributed by atoms with van der Waals surface area (Å²) in [6.07, 6.45) is 0. The van der Waals surface area contributed by atoms with Crippen LogP contribution in [-0.2, 0) is 17.1 Å². The van der Waals surface area contributed by atoms with Gasteiger partial charge in [0.25, 0.3) is 15.9 Å². The molecule has 0 fully saturated rings. The lowest BCUT2D eigenvalue weighted by molar-refractivity contribution is 0.0976. The summed E-state index contributed by atoms with van der Waals surface area (Å²) in [6, 6.07) is 7.47. The number of methoxy groups -OCH3 is 1. The van der Waals surface area contributed by atoms with Crippen molar-refractivity contribution < 1.29 is 17.9 Å². The van der Waals surface area contributed by atoms with Gasteiger partial charge in [0.05, 0.1) is 12.0 Å². The summed E-state index contributed by atoms with van der Waals surface area (Å²) in [5.41, 5.74) is 0.900. The van der Waals surface area contributed by atoms with E-state index in [0.717, 1.165) is 5.69 Å². The van der Waals surface area contributed by atoms with Crippen LogP contribution in [0.25, 0.3) is 0 Å². The van der Waals surface area contributed by atoms with Gasteiger partial charge in [-0.3, -0.25) is 9.48 Å². The van der Waals surface area contributed by atoms with E-state index >= 15 is 0 Å². The molecule has 1 aromatic heterocycles. The monoisotopic (exact) mass is 337 g/mol. The zero-order valence-electron chi connectivity index (χ0n) is 13.4. The molecule has 1 amide bonds. The van der Waals surface area contributed by atoms with E-state index in [0.29, 0.717) is 5.75 Å². The zero-order valence-corrected chi connectivity index (χ0v) is 14.2. The molecule has 0 unspecified atom stereocenters. The van der Waals surface area contributed by atoms with E-state index in [1.54, 1.807) is 23.9 Å². The summed E-state index contributed by atoms with van der Waals surface area (Å²) >= 11 is 0. The van der Waals surface area contributed by atoms with Crippen LogP contribution in [0.3, 0.4) is 0 Å². The van der Waals surface area contributed by atoms with Crippen molar-refractivity contribution in [2.24, 2.45) is 7.05 Å². The van der Waals surface area contributed by atoms with Crippen LogP contribution in [-0.4, -0.2) is 31.2 Å². The third kappa shape index (κ3) is 3.70. The molecule has 8 heteroatoms. The summed E-state index contributed by atoms with van der Waals surface area (Å²) in [5.74, 6) is -0.209. The van der Waals surface area contributed by atoms with Gasteiger partial charge >= 0.3 is 0 Å². The fourth-order valence-corrected chi connectivity index (χ4v) is 3.13. The predicted molar refractivity (Wildman–Crippen MR) is 84.9 cm³/mol. The minimum atomic E-state index is -3.99. The molecule has 124 valence electrons. The first-order chi connectivity index (χ1) is 10.7. The molecule has 23 heavy (non-hydrogen) atoms. The Morgan fingerprint density at radius 1 is 1.30 bits per heavy atom. The average Bonchev–Trinajstić information content (AvgIpc) is 2.89. The van der Waals surface area contributed by atoms with Crippen LogP contribution in [0.15, 0.2) is 35.2 Å². The SMILES string of the molecule is COc1cccc(S(=O)(=O)NC(=O)c2cc(C(C)C)n(C)n2)c1. The summed E-state index contributed by atoms with van der Waals surface area (Å²) in [7, 11) is -0.846. The summed E-state index contributed by atoms with van der Waals surface area (Å²) in [5, 5.41) is 4.06. The van der Waals surface area contributed by atoms with Crippen LogP contribution >= 0.6 is 0 Å². The zero-order chi connectivity index (χ0) is 17.2. The number of carbonyl (C=O) groups excluding carboxylic acids is 1. The maximum atomic E-state index is 12.3. The lowest BCUT2D eigenvalue weighted by Gasteiger charge is -2.07. The van der Waals surface area contributed by atoms with Crippen LogP contribution in [0.2, 0.25) is 0 Å². The Bertz CT molecular complexity index is 825. The molecule has 0 aliphatic carbocycles. The summed E-state index contributed by atoms with van der Waals surface area (Å²) in [6.45, 7) is 3.93. The van der Waals surface area contributed by atoms with Gasteiger partial charge in [-0.15, -0.1) is 0 Å². The number of aromatic nitrogens is 2. The van der Waals surface area contributed by atoms with Gasteiger partial charge in [-0.25, -0.2) is 13.1 Å². The first-order valence-corrected chi connectivity index (χ1v) is 8.48. The van der Waals surface area contributed by atoms with Crippen LogP contribution in [0, 0.1) is 0 Å². The minimum Gasteiger partial charge on any atom is -0.497 e. The van der Waals surface area contributed by atoms with Gasteiger partial charge in [0.2, 0.25) is 0 Å². The number of benzene rings is 1. The molecule has 0 saturated carbocycles. The molecule has 1 N–H and O–H groups in total. The average molecular weight is 337 g/mol. The number of nitrogens with one attached hydrogen (secondary N) is 1. The first kappa shape index (κ1) is 17.0. The minimum absolute atomic E-state index is 0.0507. The fraction of sp³-hybridized carbons (Fsp3) is 0.333. The lowest BCUT2D eigenvalue weighted by Crippen LogP contribution is -2.31. The Morgan fingerprint density at radius 3 is 2.57 bits per heavy atom. The first-order valence-electron chi connectivity index (χ1n) is 6.99. The Morgan fingerprint density at radius 2 is 2.00 bits per heavy atom. The van der Waals surface area contributed by atoms with E-state index in [1.165, 1.54) is 25.3 Å². The van der Waals surface area contributed by atoms with Gasteiger partial charge in [0.1, 0.15) is 5.75 Å². The molecule has 0 spiro atoms. The highest BCUT2D eigenvalue weighted by molar-refractivity contribution is 7.90. The van der Waals surface area contributed by atoms with Crippen molar-refractivity contribution >= 4 is 15.9 Å². The molecule has 1 aromatic carbocycles. The molecule has 0 saturated heterocycles. The van der Waals surface area contributed by atoms with E-state index in [2.05, 4.69) is 5.10 Å². The molecular formula is C15H19N3O4S. The molecule has 0 radical (unpaired) electrons. The Hall–Kier alpha value is -2.35. The van der Waals surface area contributed by atoms with Crippen LogP contribution in [0.1, 0.15) is 35.9 Å². The highest BCUT2D eigenvalue weighted by Gasteiger charge is 2.22. The second-order valence-electron chi connectivity index (χ2n) is 5.35. The van der Waals surface area contributed by atoms with Crippen LogP contribution in [0.4, 0.5) is 0 Å². The molecule has 0 bridgehead atoms. The van der Waals surface area contributed by atoms with E-state index in [1.807, 2.05) is 18.6 Å². The van der Waals surface area contributed by atoms with Crippen molar-refractivity contribution in [1.82, 2.24) is 14.5 Å². The number of aryl methyl sites for hydroxylation is 1. The lowest BCUT2D eigenvalue weighted by atomic mass is 10.1. The van der Waals surface area contributed by atoms with Gasteiger partial charge < -0.3 is 4.74 Å². The highest BCUT2D eigenvalue weighted by atomic mass is 32.2. The molecular weight excluding hydrogens is 318 g/mol. The number of carbonyl (C=O) groups is 1. The van der Waals surface area contributed by atoms with E-state index in [9.17, 15) is 13.2 Å². The molecule has 7 nitrogen and oxygen atoms in total. The van der Waals surface area contributed by atoms with Crippen LogP contribution in [0.5, 0.6) is 5.75 Å². The van der Waals surface area contributed by atoms with Crippen molar-refractivity contribution in [2.75, 3.05) is 7.11 Å². The third-order valence-electron chi connectivity index (χ3n) is 3.32. The second kappa shape index (κ2) is 6.41. The number of nitrogens with zero attached hydrogens (tertiary/aromatic N) is 2. The van der Waals surface area contributed by atoms with Crippen molar-refractivity contribution in [3.63, 3.8) is 0 Å². The quantitative estimate of drug-likeness (QED) is 0.896. The van der Waals surface area contributed by atoms with E-state index in [4.69, 9.17) is 4.74 Å². The number of ether oxygens (including phenoxy) is 1. The van der Waals surface area contributed by atoms with Gasteiger partial charge in [-0.05, 0) is 24.1 Å². The van der Waals surface area contributed by atoms with Crippen molar-refractivity contribution in [1.29, 1.82) is 0 Å². The summed E-state index contributed by atoms with van der Waals surface area (Å²) < 4.78 is 33.2. The molecule has 0 aliphatic heterocycles. The van der Waals surface area contributed by atoms with E-state index < -0.39 is 15.9 Å². The number of sulfonamides is 1. The standard InChI is InChI=1S/C15H19N3O4S/c1-10(2)14-9-13(16-18(14)3)15(19)17-23(20,21)12-7-5-6-11(8-12)22-4/h5-10H,1-4H3,(H,17,19). The van der Waals surface area contributed by atoms with Gasteiger partial charge in [-0.1, -0.05) is 19.9 Å². The number of hydrogen-bond donors (Lipinski definition) is 1. The number of hydrogen-bond acceptors (Lipinski definition) is 5. The summed E-state index contributed by atoms with van der Waals surface area (Å²) in [4.78, 5) is 12.1. The van der Waals surface area contributed by atoms with Gasteiger partial charge in [0.15, 0.2) is 5.69 Å².